The van der Waals surface area contributed by atoms with E-state index in [1.807, 2.05) is 6.92 Å². The van der Waals surface area contributed by atoms with Crippen molar-refractivity contribution in [2.24, 2.45) is 44.3 Å². The molecule has 0 bridgehead atoms. The van der Waals surface area contributed by atoms with E-state index in [0.717, 1.165) is 45.4 Å². The summed E-state index contributed by atoms with van der Waals surface area (Å²) in [5, 5.41) is 88.2. The maximum absolute atomic E-state index is 12.0. The number of hydrogen-bond donors (Lipinski definition) is 8. The highest BCUT2D eigenvalue weighted by molar-refractivity contribution is 5.66. The number of esters is 1. The molecule has 7 aliphatic rings. The molecule has 5 fully saturated rings. The van der Waals surface area contributed by atoms with Crippen LogP contribution in [-0.2, 0) is 28.5 Å². The molecule has 3 saturated carbocycles. The summed E-state index contributed by atoms with van der Waals surface area (Å²) < 4.78 is 29.7. The van der Waals surface area contributed by atoms with E-state index in [0.29, 0.717) is 12.8 Å². The quantitative estimate of drug-likeness (QED) is 0.130. The number of aliphatic hydroxyl groups is 8. The monoisotopic (exact) mass is 822 g/mol. The summed E-state index contributed by atoms with van der Waals surface area (Å²) in [6, 6.07) is 0. The topological polar surface area (TPSA) is 225 Å². The summed E-state index contributed by atoms with van der Waals surface area (Å²) in [7, 11) is 0. The maximum Gasteiger partial charge on any atom is 0.303 e. The van der Waals surface area contributed by atoms with E-state index in [2.05, 4.69) is 46.8 Å². The van der Waals surface area contributed by atoms with Crippen LogP contribution in [0.4, 0.5) is 0 Å². The first kappa shape index (κ1) is 44.5. The number of allylic oxidation sites excluding steroid dienone is 3. The molecule has 19 unspecified atom stereocenters. The van der Waals surface area contributed by atoms with Gasteiger partial charge in [0.05, 0.1) is 38.1 Å². The first-order valence-electron chi connectivity index (χ1n) is 21.5. The van der Waals surface area contributed by atoms with Crippen molar-refractivity contribution in [3.05, 3.63) is 23.3 Å². The largest absolute Gasteiger partial charge is 0.454 e. The van der Waals surface area contributed by atoms with Gasteiger partial charge in [0.2, 0.25) is 0 Å². The lowest BCUT2D eigenvalue weighted by Gasteiger charge is -2.70. The van der Waals surface area contributed by atoms with Crippen LogP contribution in [0.3, 0.4) is 0 Å². The molecule has 58 heavy (non-hydrogen) atoms. The highest BCUT2D eigenvalue weighted by atomic mass is 16.7. The molecule has 0 amide bonds. The van der Waals surface area contributed by atoms with Crippen LogP contribution in [0, 0.1) is 44.3 Å². The standard InChI is InChI=1S/C44H70O14/c1-22-31(50)35(58-38-36(55-23(2)48)33(52)32(51)26(19-45)56-38)34(53)37(54-22)57-30-12-13-40(5)27(41(30,6)20-46)11-14-42(7)28(40)10-9-24-25-17-39(3,4)15-16-44(25,21-47)29(49)18-43(24,42)8/h9-10,22,26-38,45-47,49-53H,11-21H2,1-8H3. The first-order chi connectivity index (χ1) is 27.1. The van der Waals surface area contributed by atoms with Crippen molar-refractivity contribution in [3.8, 4) is 0 Å². The second kappa shape index (κ2) is 15.4. The number of rotatable bonds is 8. The van der Waals surface area contributed by atoms with Gasteiger partial charge >= 0.3 is 5.97 Å². The fraction of sp³-hybridized carbons (Fsp3) is 0.886. The molecule has 330 valence electrons. The van der Waals surface area contributed by atoms with Crippen LogP contribution in [0.15, 0.2) is 23.3 Å². The van der Waals surface area contributed by atoms with Gasteiger partial charge in [-0.15, -0.1) is 0 Å². The molecule has 5 aliphatic carbocycles. The molecule has 0 spiro atoms. The summed E-state index contributed by atoms with van der Waals surface area (Å²) in [5.41, 5.74) is 0.374. The van der Waals surface area contributed by atoms with Gasteiger partial charge in [-0.25, -0.2) is 0 Å². The van der Waals surface area contributed by atoms with Crippen molar-refractivity contribution in [1.82, 2.24) is 0 Å². The fourth-order valence-corrected chi connectivity index (χ4v) is 13.3. The third-order valence-corrected chi connectivity index (χ3v) is 17.1. The third-order valence-electron chi connectivity index (χ3n) is 17.1. The minimum absolute atomic E-state index is 0.00203. The Morgan fingerprint density at radius 3 is 2.16 bits per heavy atom. The van der Waals surface area contributed by atoms with Gasteiger partial charge in [0, 0.05) is 23.2 Å². The van der Waals surface area contributed by atoms with Gasteiger partial charge in [-0.3, -0.25) is 4.79 Å². The Bertz CT molecular complexity index is 1620. The summed E-state index contributed by atoms with van der Waals surface area (Å²) in [5.74, 6) is -0.674. The lowest BCUT2D eigenvalue weighted by atomic mass is 9.35. The normalized spacial score (nSPS) is 52.6. The molecular formula is C44H70O14. The predicted octanol–water partition coefficient (Wildman–Crippen LogP) is 2.25. The lowest BCUT2D eigenvalue weighted by molar-refractivity contribution is -0.367. The highest BCUT2D eigenvalue weighted by Gasteiger charge is 2.69. The molecule has 19 atom stereocenters. The summed E-state index contributed by atoms with van der Waals surface area (Å²) in [6.45, 7) is 15.4. The number of fused-ring (bicyclic) bond motifs is 6. The number of aliphatic hydroxyl groups excluding tert-OH is 8. The van der Waals surface area contributed by atoms with Gasteiger partial charge in [0.25, 0.3) is 0 Å². The van der Waals surface area contributed by atoms with Gasteiger partial charge in [0.15, 0.2) is 18.7 Å². The smallest absolute Gasteiger partial charge is 0.303 e. The SMILES string of the molecule is CC(=O)OC1C(OC2C(O)C(C)OC(OC3CCC4(C)C(CCC5(C)C4C=CC4=C6CC(C)(C)CCC6(CO)C(O)CC45C)C3(C)CO)C2O)OC(CO)C(O)C1O. The second-order valence-corrected chi connectivity index (χ2v) is 20.9. The maximum atomic E-state index is 12.0. The molecule has 7 rings (SSSR count). The first-order valence-corrected chi connectivity index (χ1v) is 21.5. The predicted molar refractivity (Wildman–Crippen MR) is 208 cm³/mol. The lowest BCUT2D eigenvalue weighted by Crippen LogP contribution is -2.67. The van der Waals surface area contributed by atoms with E-state index in [9.17, 15) is 45.6 Å². The van der Waals surface area contributed by atoms with Gasteiger partial charge in [-0.1, -0.05) is 59.3 Å². The highest BCUT2D eigenvalue weighted by Crippen LogP contribution is 2.74. The van der Waals surface area contributed by atoms with Crippen molar-refractivity contribution >= 4 is 5.97 Å². The third kappa shape index (κ3) is 6.61. The fourth-order valence-electron chi connectivity index (χ4n) is 13.3. The van der Waals surface area contributed by atoms with Crippen molar-refractivity contribution < 1.29 is 69.3 Å². The molecule has 0 aromatic carbocycles. The molecule has 8 N–H and O–H groups in total. The van der Waals surface area contributed by atoms with Crippen LogP contribution in [0.5, 0.6) is 0 Å². The second-order valence-electron chi connectivity index (χ2n) is 20.9. The van der Waals surface area contributed by atoms with Crippen molar-refractivity contribution in [1.29, 1.82) is 0 Å². The molecule has 2 saturated heterocycles. The average Bonchev–Trinajstić information content (AvgIpc) is 3.16. The van der Waals surface area contributed by atoms with E-state index in [4.69, 9.17) is 23.7 Å². The average molecular weight is 823 g/mol. The van der Waals surface area contributed by atoms with Crippen LogP contribution in [0.2, 0.25) is 0 Å². The number of hydrogen-bond acceptors (Lipinski definition) is 14. The number of carbonyl (C=O) groups excluding carboxylic acids is 1. The summed E-state index contributed by atoms with van der Waals surface area (Å²) >= 11 is 0. The Morgan fingerprint density at radius 1 is 0.810 bits per heavy atom. The molecule has 0 aromatic rings. The molecule has 14 heteroatoms. The van der Waals surface area contributed by atoms with Crippen LogP contribution >= 0.6 is 0 Å². The van der Waals surface area contributed by atoms with E-state index < -0.39 is 97.0 Å². The molecule has 0 aromatic heterocycles. The Balaban J connectivity index is 1.15. The molecular weight excluding hydrogens is 752 g/mol. The van der Waals surface area contributed by atoms with Crippen molar-refractivity contribution in [3.63, 3.8) is 0 Å². The Hall–Kier alpha value is -1.53. The van der Waals surface area contributed by atoms with Crippen molar-refractivity contribution in [2.45, 2.75) is 180 Å². The zero-order valence-electron chi connectivity index (χ0n) is 35.5. The van der Waals surface area contributed by atoms with Crippen LogP contribution in [0.1, 0.15) is 107 Å². The summed E-state index contributed by atoms with van der Waals surface area (Å²) in [4.78, 5) is 11.9. The molecule has 2 heterocycles. The Morgan fingerprint density at radius 2 is 1.52 bits per heavy atom. The molecule has 14 nitrogen and oxygen atoms in total. The van der Waals surface area contributed by atoms with E-state index in [-0.39, 0.29) is 46.7 Å². The zero-order valence-corrected chi connectivity index (χ0v) is 35.5. The van der Waals surface area contributed by atoms with E-state index in [1.54, 1.807) is 6.92 Å². The van der Waals surface area contributed by atoms with Gasteiger partial charge < -0.3 is 64.5 Å². The Kier molecular flexibility index (Phi) is 11.8. The minimum atomic E-state index is -1.70. The molecule has 0 radical (unpaired) electrons. The van der Waals surface area contributed by atoms with Gasteiger partial charge in [-0.2, -0.15) is 0 Å². The zero-order chi connectivity index (χ0) is 42.5. The van der Waals surface area contributed by atoms with Gasteiger partial charge in [-0.05, 0) is 91.9 Å². The van der Waals surface area contributed by atoms with E-state index >= 15 is 0 Å². The van der Waals surface area contributed by atoms with Crippen molar-refractivity contribution in [2.75, 3.05) is 19.8 Å². The summed E-state index contributed by atoms with van der Waals surface area (Å²) in [6.07, 6.45) is -4.82. The number of ether oxygens (including phenoxy) is 5. The van der Waals surface area contributed by atoms with Crippen LogP contribution < -0.4 is 0 Å². The number of carbonyl (C=O) groups is 1. The minimum Gasteiger partial charge on any atom is -0.454 e. The molecule has 2 aliphatic heterocycles. The van der Waals surface area contributed by atoms with Crippen LogP contribution in [-0.4, -0.2) is 140 Å². The Labute approximate surface area is 342 Å². The van der Waals surface area contributed by atoms with Crippen LogP contribution in [0.25, 0.3) is 0 Å². The van der Waals surface area contributed by atoms with Gasteiger partial charge in [0.1, 0.15) is 36.6 Å². The van der Waals surface area contributed by atoms with E-state index in [1.165, 1.54) is 11.1 Å².